The number of carbonyl (C=O) groups is 2. The largest absolute Gasteiger partial charge is 0.463 e. The molecule has 0 bridgehead atoms. The molecular weight excluding hydrogens is 328 g/mol. The monoisotopic (exact) mass is 360 g/mol. The number of esters is 2. The Kier molecular flexibility index (Phi) is 15.6. The summed E-state index contributed by atoms with van der Waals surface area (Å²) in [5.74, 6) is -0.703. The van der Waals surface area contributed by atoms with Gasteiger partial charge in [-0.2, -0.15) is 0 Å². The summed E-state index contributed by atoms with van der Waals surface area (Å²) in [7, 11) is 0. The SMILES string of the molecule is C=CC(=O)OC(C)(C)C.C=CC(=O)OCCCC.C=Cc1ccccc1. The van der Waals surface area contributed by atoms with Crippen LogP contribution in [-0.2, 0) is 19.1 Å². The topological polar surface area (TPSA) is 52.6 Å². The summed E-state index contributed by atoms with van der Waals surface area (Å²) < 4.78 is 9.50. The van der Waals surface area contributed by atoms with Gasteiger partial charge in [-0.3, -0.25) is 0 Å². The van der Waals surface area contributed by atoms with Crippen LogP contribution in [0.15, 0.2) is 62.2 Å². The molecule has 0 saturated heterocycles. The first kappa shape index (κ1) is 25.6. The molecule has 144 valence electrons. The van der Waals surface area contributed by atoms with Crippen LogP contribution in [0.2, 0.25) is 0 Å². The quantitative estimate of drug-likeness (QED) is 0.389. The van der Waals surface area contributed by atoms with Gasteiger partial charge in [-0.25, -0.2) is 9.59 Å². The van der Waals surface area contributed by atoms with E-state index in [0.29, 0.717) is 6.61 Å². The van der Waals surface area contributed by atoms with Crippen LogP contribution >= 0.6 is 0 Å². The maximum absolute atomic E-state index is 10.5. The highest BCUT2D eigenvalue weighted by Gasteiger charge is 2.12. The minimum atomic E-state index is -0.398. The summed E-state index contributed by atoms with van der Waals surface area (Å²) in [4.78, 5) is 20.8. The molecule has 4 heteroatoms. The van der Waals surface area contributed by atoms with Crippen LogP contribution in [0.1, 0.15) is 46.1 Å². The molecule has 0 aliphatic rings. The smallest absolute Gasteiger partial charge is 0.330 e. The van der Waals surface area contributed by atoms with E-state index in [1.165, 1.54) is 11.6 Å². The fourth-order valence-corrected chi connectivity index (χ4v) is 1.31. The third kappa shape index (κ3) is 19.4. The zero-order valence-electron chi connectivity index (χ0n) is 16.5. The minimum Gasteiger partial charge on any atom is -0.463 e. The Bertz CT molecular complexity index is 539. The van der Waals surface area contributed by atoms with Gasteiger partial charge in [0.2, 0.25) is 0 Å². The number of ether oxygens (including phenoxy) is 2. The summed E-state index contributed by atoms with van der Waals surface area (Å²) >= 11 is 0. The molecule has 0 aromatic heterocycles. The number of carbonyl (C=O) groups excluding carboxylic acids is 2. The van der Waals surface area contributed by atoms with Gasteiger partial charge in [0, 0.05) is 12.2 Å². The molecule has 0 N–H and O–H groups in total. The Morgan fingerprint density at radius 2 is 1.54 bits per heavy atom. The Morgan fingerprint density at radius 1 is 1.00 bits per heavy atom. The lowest BCUT2D eigenvalue weighted by Gasteiger charge is -2.17. The summed E-state index contributed by atoms with van der Waals surface area (Å²) in [6, 6.07) is 10.0. The fraction of sp³-hybridized carbons (Fsp3) is 0.364. The molecule has 1 aromatic carbocycles. The van der Waals surface area contributed by atoms with E-state index in [0.717, 1.165) is 18.9 Å². The van der Waals surface area contributed by atoms with Crippen LogP contribution in [0, 0.1) is 0 Å². The lowest BCUT2D eigenvalue weighted by molar-refractivity contribution is -0.148. The molecule has 0 unspecified atom stereocenters. The van der Waals surface area contributed by atoms with Crippen LogP contribution < -0.4 is 0 Å². The van der Waals surface area contributed by atoms with Crippen molar-refractivity contribution in [2.45, 2.75) is 46.1 Å². The molecule has 0 saturated carbocycles. The first-order chi connectivity index (χ1) is 12.2. The van der Waals surface area contributed by atoms with E-state index < -0.39 is 5.60 Å². The number of hydrogen-bond acceptors (Lipinski definition) is 4. The van der Waals surface area contributed by atoms with E-state index in [1.807, 2.05) is 64.1 Å². The number of rotatable bonds is 6. The predicted molar refractivity (Wildman–Crippen MR) is 109 cm³/mol. The standard InChI is InChI=1S/C8H8.2C7H12O2/c1-2-8-6-4-3-5-7-8;1-5-6(8)9-7(2,3)4;1-3-5-6-9-7(8)4-2/h2-7H,1H2;5H,1H2,2-4H3;4H,2-3,5-6H2,1H3. The second kappa shape index (κ2) is 15.9. The van der Waals surface area contributed by atoms with Gasteiger partial charge >= 0.3 is 11.9 Å². The summed E-state index contributed by atoms with van der Waals surface area (Å²) in [5, 5.41) is 0. The number of hydrogen-bond donors (Lipinski definition) is 0. The molecule has 0 fully saturated rings. The van der Waals surface area contributed by atoms with E-state index in [9.17, 15) is 9.59 Å². The van der Waals surface area contributed by atoms with Gasteiger partial charge in [0.05, 0.1) is 6.61 Å². The van der Waals surface area contributed by atoms with Crippen LogP contribution in [0.5, 0.6) is 0 Å². The fourth-order valence-electron chi connectivity index (χ4n) is 1.31. The summed E-state index contributed by atoms with van der Waals surface area (Å²) in [5.41, 5.74) is 0.776. The third-order valence-electron chi connectivity index (χ3n) is 2.52. The van der Waals surface area contributed by atoms with Gasteiger partial charge in [-0.15, -0.1) is 0 Å². The van der Waals surface area contributed by atoms with Crippen molar-refractivity contribution < 1.29 is 19.1 Å². The molecule has 0 aliphatic carbocycles. The first-order valence-electron chi connectivity index (χ1n) is 8.52. The maximum Gasteiger partial charge on any atom is 0.330 e. The van der Waals surface area contributed by atoms with Crippen molar-refractivity contribution in [3.8, 4) is 0 Å². The molecule has 0 aliphatic heterocycles. The second-order valence-electron chi connectivity index (χ2n) is 6.08. The zero-order chi connectivity index (χ0) is 20.4. The third-order valence-corrected chi connectivity index (χ3v) is 2.52. The van der Waals surface area contributed by atoms with Gasteiger partial charge in [0.25, 0.3) is 0 Å². The lowest BCUT2D eigenvalue weighted by atomic mass is 10.2. The second-order valence-corrected chi connectivity index (χ2v) is 6.08. The summed E-state index contributed by atoms with van der Waals surface area (Å²) in [6.45, 7) is 18.2. The molecular formula is C22H32O4. The molecule has 0 amide bonds. The lowest BCUT2D eigenvalue weighted by Crippen LogP contribution is -2.22. The first-order valence-corrected chi connectivity index (χ1v) is 8.52. The van der Waals surface area contributed by atoms with Crippen molar-refractivity contribution in [1.82, 2.24) is 0 Å². The van der Waals surface area contributed by atoms with Crippen molar-refractivity contribution in [3.63, 3.8) is 0 Å². The molecule has 0 atom stereocenters. The predicted octanol–water partition coefficient (Wildman–Crippen LogP) is 5.36. The van der Waals surface area contributed by atoms with Crippen molar-refractivity contribution in [3.05, 3.63) is 67.8 Å². The van der Waals surface area contributed by atoms with E-state index in [-0.39, 0.29) is 11.9 Å². The molecule has 0 spiro atoms. The Labute approximate surface area is 158 Å². The Morgan fingerprint density at radius 3 is 1.85 bits per heavy atom. The zero-order valence-corrected chi connectivity index (χ0v) is 16.5. The van der Waals surface area contributed by atoms with E-state index in [1.54, 1.807) is 0 Å². The average molecular weight is 360 g/mol. The minimum absolute atomic E-state index is 0.330. The van der Waals surface area contributed by atoms with Crippen molar-refractivity contribution in [2.75, 3.05) is 6.61 Å². The van der Waals surface area contributed by atoms with E-state index in [2.05, 4.69) is 24.5 Å². The maximum atomic E-state index is 10.5. The van der Waals surface area contributed by atoms with Crippen LogP contribution in [0.25, 0.3) is 6.08 Å². The van der Waals surface area contributed by atoms with Gasteiger partial charge < -0.3 is 9.47 Å². The Hall–Kier alpha value is -2.62. The molecule has 26 heavy (non-hydrogen) atoms. The highest BCUT2D eigenvalue weighted by Crippen LogP contribution is 2.06. The molecule has 1 aromatic rings. The van der Waals surface area contributed by atoms with Gasteiger partial charge in [0.15, 0.2) is 0 Å². The molecule has 0 radical (unpaired) electrons. The molecule has 4 nitrogen and oxygen atoms in total. The molecule has 1 rings (SSSR count). The summed E-state index contributed by atoms with van der Waals surface area (Å²) in [6.07, 6.45) is 6.14. The number of unbranched alkanes of at least 4 members (excludes halogenated alkanes) is 1. The van der Waals surface area contributed by atoms with Gasteiger partial charge in [0.1, 0.15) is 5.60 Å². The Balaban J connectivity index is 0. The van der Waals surface area contributed by atoms with Crippen molar-refractivity contribution >= 4 is 18.0 Å². The van der Waals surface area contributed by atoms with Gasteiger partial charge in [-0.05, 0) is 32.8 Å². The van der Waals surface area contributed by atoms with Crippen LogP contribution in [0.3, 0.4) is 0 Å². The van der Waals surface area contributed by atoms with E-state index in [4.69, 9.17) is 4.74 Å². The normalized spacial score (nSPS) is 9.23. The highest BCUT2D eigenvalue weighted by atomic mass is 16.6. The van der Waals surface area contributed by atoms with Gasteiger partial charge in [-0.1, -0.05) is 69.5 Å². The highest BCUT2D eigenvalue weighted by molar-refractivity contribution is 5.81. The van der Waals surface area contributed by atoms with E-state index >= 15 is 0 Å². The van der Waals surface area contributed by atoms with Crippen LogP contribution in [-0.4, -0.2) is 24.1 Å². The van der Waals surface area contributed by atoms with Crippen LogP contribution in [0.4, 0.5) is 0 Å². The van der Waals surface area contributed by atoms with Crippen molar-refractivity contribution in [2.24, 2.45) is 0 Å². The van der Waals surface area contributed by atoms with Crippen molar-refractivity contribution in [1.29, 1.82) is 0 Å². The number of benzene rings is 1. The molecule has 0 heterocycles. The average Bonchev–Trinajstić information content (AvgIpc) is 2.62.